The lowest BCUT2D eigenvalue weighted by Crippen LogP contribution is -2.53. The Hall–Kier alpha value is -3.85. The molecule has 0 saturated carbocycles. The summed E-state index contributed by atoms with van der Waals surface area (Å²) in [6.07, 6.45) is 1.89. The predicted octanol–water partition coefficient (Wildman–Crippen LogP) is 7.67. The number of benzene rings is 4. The molecule has 4 aromatic carbocycles. The van der Waals surface area contributed by atoms with Crippen LogP contribution in [-0.4, -0.2) is 44.3 Å². The number of carbonyl (C=O) groups excluding carboxylic acids is 2. The summed E-state index contributed by atoms with van der Waals surface area (Å²) in [5.41, 5.74) is 4.32. The summed E-state index contributed by atoms with van der Waals surface area (Å²) < 4.78 is 29.8. The molecule has 4 rings (SSSR count). The molecule has 0 aliphatic heterocycles. The first-order valence-electron chi connectivity index (χ1n) is 15.6. The largest absolute Gasteiger partial charge is 0.354 e. The number of nitrogens with one attached hydrogen (secondary N) is 1. The van der Waals surface area contributed by atoms with Crippen LogP contribution in [0, 0.1) is 20.8 Å². The molecule has 0 aliphatic carbocycles. The Kier molecular flexibility index (Phi) is 12.5. The van der Waals surface area contributed by atoms with Crippen LogP contribution < -0.4 is 9.62 Å². The minimum Gasteiger partial charge on any atom is -0.354 e. The summed E-state index contributed by atoms with van der Waals surface area (Å²) in [5.74, 6) is -0.866. The number of hydrogen-bond donors (Lipinski definition) is 1. The minimum absolute atomic E-state index is 0.000358. The molecular weight excluding hydrogens is 653 g/mol. The Labute approximate surface area is 288 Å². The molecule has 0 bridgehead atoms. The van der Waals surface area contributed by atoms with Gasteiger partial charge in [0.2, 0.25) is 11.8 Å². The number of anilines is 1. The van der Waals surface area contributed by atoms with E-state index >= 15 is 0 Å². The molecule has 7 nitrogen and oxygen atoms in total. The molecule has 248 valence electrons. The van der Waals surface area contributed by atoms with E-state index in [1.54, 1.807) is 48.5 Å². The minimum atomic E-state index is -4.20. The molecule has 1 atom stereocenters. The van der Waals surface area contributed by atoms with E-state index in [9.17, 15) is 18.0 Å². The zero-order valence-electron chi connectivity index (χ0n) is 27.2. The third-order valence-electron chi connectivity index (χ3n) is 7.96. The fraction of sp³-hybridized carbons (Fsp3) is 0.297. The van der Waals surface area contributed by atoms with E-state index in [0.29, 0.717) is 33.4 Å². The number of carbonyl (C=O) groups is 2. The van der Waals surface area contributed by atoms with Crippen molar-refractivity contribution in [2.24, 2.45) is 0 Å². The van der Waals surface area contributed by atoms with Crippen molar-refractivity contribution in [3.63, 3.8) is 0 Å². The van der Waals surface area contributed by atoms with Gasteiger partial charge in [0, 0.05) is 19.5 Å². The van der Waals surface area contributed by atoms with Crippen molar-refractivity contribution in [3.05, 3.63) is 129 Å². The molecule has 0 unspecified atom stereocenters. The Morgan fingerprint density at radius 3 is 2.15 bits per heavy atom. The second kappa shape index (κ2) is 16.3. The third kappa shape index (κ3) is 9.37. The maximum atomic E-state index is 14.7. The molecule has 0 aromatic heterocycles. The second-order valence-corrected chi connectivity index (χ2v) is 14.4. The molecule has 0 aliphatic rings. The molecule has 2 amide bonds. The highest BCUT2D eigenvalue weighted by Crippen LogP contribution is 2.30. The van der Waals surface area contributed by atoms with Crippen LogP contribution >= 0.6 is 23.2 Å². The molecule has 1 N–H and O–H groups in total. The van der Waals surface area contributed by atoms with Crippen molar-refractivity contribution < 1.29 is 18.0 Å². The zero-order chi connectivity index (χ0) is 34.1. The van der Waals surface area contributed by atoms with Gasteiger partial charge in [0.15, 0.2) is 0 Å². The molecule has 0 radical (unpaired) electrons. The Morgan fingerprint density at radius 1 is 0.809 bits per heavy atom. The molecule has 0 heterocycles. The molecule has 10 heteroatoms. The summed E-state index contributed by atoms with van der Waals surface area (Å²) >= 11 is 12.6. The summed E-state index contributed by atoms with van der Waals surface area (Å²) in [7, 11) is -4.20. The third-order valence-corrected chi connectivity index (χ3v) is 10.5. The van der Waals surface area contributed by atoms with Gasteiger partial charge in [0.1, 0.15) is 12.6 Å². The van der Waals surface area contributed by atoms with Crippen molar-refractivity contribution in [1.29, 1.82) is 0 Å². The number of sulfonamides is 1. The fourth-order valence-corrected chi connectivity index (χ4v) is 7.02. The number of rotatable bonds is 14. The first-order valence-corrected chi connectivity index (χ1v) is 17.8. The maximum Gasteiger partial charge on any atom is 0.264 e. The van der Waals surface area contributed by atoms with Crippen LogP contribution in [0.3, 0.4) is 0 Å². The lowest BCUT2D eigenvalue weighted by molar-refractivity contribution is -0.140. The smallest absolute Gasteiger partial charge is 0.264 e. The topological polar surface area (TPSA) is 86.8 Å². The SMILES string of the molecule is CCCCNC(=O)[C@@H](Cc1ccccc1)N(Cc1ccc(Cl)c(Cl)c1)C(=O)CN(c1cc(C)ccc1C)S(=O)(=O)c1ccc(C)cc1. The summed E-state index contributed by atoms with van der Waals surface area (Å²) in [6.45, 7) is 7.50. The highest BCUT2D eigenvalue weighted by Gasteiger charge is 2.35. The van der Waals surface area contributed by atoms with E-state index in [-0.39, 0.29) is 23.8 Å². The number of aryl methyl sites for hydroxylation is 3. The Bertz CT molecular complexity index is 1800. The van der Waals surface area contributed by atoms with Crippen LogP contribution in [0.2, 0.25) is 10.0 Å². The summed E-state index contributed by atoms with van der Waals surface area (Å²) in [6, 6.07) is 25.6. The van der Waals surface area contributed by atoms with Gasteiger partial charge in [-0.15, -0.1) is 0 Å². The van der Waals surface area contributed by atoms with Crippen molar-refractivity contribution in [3.8, 4) is 0 Å². The quantitative estimate of drug-likeness (QED) is 0.137. The van der Waals surface area contributed by atoms with Crippen LogP contribution in [-0.2, 0) is 32.6 Å². The van der Waals surface area contributed by atoms with Crippen LogP contribution in [0.1, 0.15) is 47.6 Å². The van der Waals surface area contributed by atoms with Crippen molar-refractivity contribution in [2.75, 3.05) is 17.4 Å². The van der Waals surface area contributed by atoms with Gasteiger partial charge < -0.3 is 10.2 Å². The first kappa shape index (κ1) is 36.0. The van der Waals surface area contributed by atoms with Crippen LogP contribution in [0.4, 0.5) is 5.69 Å². The predicted molar refractivity (Wildman–Crippen MR) is 190 cm³/mol. The van der Waals surface area contributed by atoms with Gasteiger partial charge >= 0.3 is 0 Å². The normalized spacial score (nSPS) is 12.0. The van der Waals surface area contributed by atoms with Gasteiger partial charge in [-0.3, -0.25) is 13.9 Å². The van der Waals surface area contributed by atoms with Gasteiger partial charge in [-0.25, -0.2) is 8.42 Å². The summed E-state index contributed by atoms with van der Waals surface area (Å²) in [4.78, 5) is 30.1. The van der Waals surface area contributed by atoms with Crippen LogP contribution in [0.25, 0.3) is 0 Å². The highest BCUT2D eigenvalue weighted by molar-refractivity contribution is 7.92. The van der Waals surface area contributed by atoms with E-state index in [1.807, 2.05) is 70.2 Å². The van der Waals surface area contributed by atoms with Crippen molar-refractivity contribution in [1.82, 2.24) is 10.2 Å². The zero-order valence-corrected chi connectivity index (χ0v) is 29.5. The summed E-state index contributed by atoms with van der Waals surface area (Å²) in [5, 5.41) is 3.66. The average molecular weight is 695 g/mol. The van der Waals surface area contributed by atoms with Crippen molar-refractivity contribution in [2.45, 2.75) is 64.4 Å². The van der Waals surface area contributed by atoms with Crippen LogP contribution in [0.15, 0.2) is 95.9 Å². The number of amides is 2. The van der Waals surface area contributed by atoms with E-state index in [4.69, 9.17) is 23.2 Å². The molecule has 0 saturated heterocycles. The molecule has 0 fully saturated rings. The number of hydrogen-bond acceptors (Lipinski definition) is 4. The van der Waals surface area contributed by atoms with E-state index in [2.05, 4.69) is 5.32 Å². The first-order chi connectivity index (χ1) is 22.4. The monoisotopic (exact) mass is 693 g/mol. The Balaban J connectivity index is 1.83. The van der Waals surface area contributed by atoms with Crippen molar-refractivity contribution >= 4 is 50.7 Å². The Morgan fingerprint density at radius 2 is 1.49 bits per heavy atom. The fourth-order valence-electron chi connectivity index (χ4n) is 5.23. The molecule has 4 aromatic rings. The van der Waals surface area contributed by atoms with Gasteiger partial charge in [0.25, 0.3) is 10.0 Å². The lowest BCUT2D eigenvalue weighted by Gasteiger charge is -2.34. The molecule has 47 heavy (non-hydrogen) atoms. The van der Waals surface area contributed by atoms with Crippen LogP contribution in [0.5, 0.6) is 0 Å². The number of unbranched alkanes of at least 4 members (excludes halogenated alkanes) is 1. The van der Waals surface area contributed by atoms with Gasteiger partial charge in [-0.1, -0.05) is 103 Å². The number of halogens is 2. The second-order valence-electron chi connectivity index (χ2n) is 11.7. The molecule has 0 spiro atoms. The van der Waals surface area contributed by atoms with Gasteiger partial charge in [0.05, 0.1) is 20.6 Å². The van der Waals surface area contributed by atoms with E-state index < -0.39 is 28.5 Å². The van der Waals surface area contributed by atoms with Gasteiger partial charge in [-0.05, 0) is 79.8 Å². The van der Waals surface area contributed by atoms with E-state index in [0.717, 1.165) is 33.8 Å². The molecular formula is C37H41Cl2N3O4S. The standard InChI is InChI=1S/C37H41Cl2N3O4S/c1-5-6-20-40-37(44)35(23-29-10-8-7-9-11-29)41(24-30-16-19-32(38)33(39)22-30)36(43)25-42(34-21-27(3)12-15-28(34)4)47(45,46)31-17-13-26(2)14-18-31/h7-19,21-22,35H,5-6,20,23-25H2,1-4H3,(H,40,44)/t35-/m1/s1. The highest BCUT2D eigenvalue weighted by atomic mass is 35.5. The number of nitrogens with zero attached hydrogens (tertiary/aromatic N) is 2. The lowest BCUT2D eigenvalue weighted by atomic mass is 10.0. The maximum absolute atomic E-state index is 14.7. The van der Waals surface area contributed by atoms with Gasteiger partial charge in [-0.2, -0.15) is 0 Å². The average Bonchev–Trinajstić information content (AvgIpc) is 3.05. The van der Waals surface area contributed by atoms with E-state index in [1.165, 1.54) is 4.90 Å².